The van der Waals surface area contributed by atoms with E-state index in [1.165, 1.54) is 6.07 Å². The Kier molecular flexibility index (Phi) is 5.36. The number of hydrogen-bond donors (Lipinski definition) is 4. The van der Waals surface area contributed by atoms with Gasteiger partial charge in [-0.2, -0.15) is 0 Å². The summed E-state index contributed by atoms with van der Waals surface area (Å²) in [5.74, 6) is -0.298. The Morgan fingerprint density at radius 2 is 1.73 bits per heavy atom. The maximum absolute atomic E-state index is 13.5. The van der Waals surface area contributed by atoms with E-state index in [2.05, 4.69) is 21.3 Å². The van der Waals surface area contributed by atoms with Crippen molar-refractivity contribution in [3.8, 4) is 0 Å². The highest BCUT2D eigenvalue weighted by atomic mass is 19.1. The lowest BCUT2D eigenvalue weighted by atomic mass is 10.1. The van der Waals surface area contributed by atoms with Crippen LogP contribution in [0.25, 0.3) is 0 Å². The summed E-state index contributed by atoms with van der Waals surface area (Å²) in [6.45, 7) is 1.90. The van der Waals surface area contributed by atoms with Gasteiger partial charge < -0.3 is 21.3 Å². The second-order valence-corrected chi connectivity index (χ2v) is 6.34. The fourth-order valence-corrected chi connectivity index (χ4v) is 2.36. The number of carbonyl (C=O) groups is 2. The number of hydrogen-bond acceptors (Lipinski definition) is 2. The molecule has 0 bridgehead atoms. The Morgan fingerprint density at radius 3 is 2.38 bits per heavy atom. The Labute approximate surface area is 151 Å². The summed E-state index contributed by atoms with van der Waals surface area (Å²) in [6.07, 6.45) is 2.03. The Hall–Kier alpha value is -3.09. The van der Waals surface area contributed by atoms with Crippen molar-refractivity contribution in [2.75, 3.05) is 10.6 Å². The Balaban J connectivity index is 1.50. The lowest BCUT2D eigenvalue weighted by Gasteiger charge is -2.11. The fraction of sp³-hybridized carbons (Fsp3) is 0.263. The van der Waals surface area contributed by atoms with Gasteiger partial charge in [-0.1, -0.05) is 18.2 Å². The minimum atomic E-state index is -0.412. The molecule has 6 nitrogen and oxygen atoms in total. The molecule has 0 saturated heterocycles. The van der Waals surface area contributed by atoms with Crippen LogP contribution in [0.3, 0.4) is 0 Å². The molecule has 7 heteroatoms. The van der Waals surface area contributed by atoms with Crippen LogP contribution in [0.1, 0.15) is 24.0 Å². The molecule has 2 aromatic carbocycles. The van der Waals surface area contributed by atoms with Gasteiger partial charge in [0, 0.05) is 24.0 Å². The molecular weight excluding hydrogens is 335 g/mol. The molecule has 1 aliphatic rings. The van der Waals surface area contributed by atoms with E-state index < -0.39 is 6.03 Å². The smallest absolute Gasteiger partial charge is 0.319 e. The summed E-state index contributed by atoms with van der Waals surface area (Å²) >= 11 is 0. The quantitative estimate of drug-likeness (QED) is 0.658. The second kappa shape index (κ2) is 7.86. The predicted molar refractivity (Wildman–Crippen MR) is 98.6 cm³/mol. The first-order chi connectivity index (χ1) is 12.5. The Bertz CT molecular complexity index is 821. The first-order valence-electron chi connectivity index (χ1n) is 8.47. The number of carbonyl (C=O) groups excluding carboxylic acids is 2. The summed E-state index contributed by atoms with van der Waals surface area (Å²) in [4.78, 5) is 23.8. The van der Waals surface area contributed by atoms with E-state index in [1.54, 1.807) is 43.3 Å². The van der Waals surface area contributed by atoms with Crippen LogP contribution in [0, 0.1) is 12.7 Å². The molecular formula is C19H21FN4O2. The fourth-order valence-electron chi connectivity index (χ4n) is 2.36. The molecule has 3 rings (SSSR count). The zero-order valence-electron chi connectivity index (χ0n) is 14.4. The molecule has 4 N–H and O–H groups in total. The van der Waals surface area contributed by atoms with Gasteiger partial charge in [-0.15, -0.1) is 0 Å². The molecule has 1 aliphatic carbocycles. The average Bonchev–Trinajstić information content (AvgIpc) is 3.40. The SMILES string of the molecule is Cc1ccc(CNC(=O)Nc2cccc(NC(=O)NC3CC3)c2)cc1F. The zero-order valence-corrected chi connectivity index (χ0v) is 14.4. The van der Waals surface area contributed by atoms with Crippen LogP contribution < -0.4 is 21.3 Å². The van der Waals surface area contributed by atoms with E-state index >= 15 is 0 Å². The molecule has 0 atom stereocenters. The van der Waals surface area contributed by atoms with Crippen molar-refractivity contribution < 1.29 is 14.0 Å². The van der Waals surface area contributed by atoms with Crippen LogP contribution in [0.2, 0.25) is 0 Å². The first kappa shape index (κ1) is 17.7. The lowest BCUT2D eigenvalue weighted by molar-refractivity contribution is 0.251. The first-order valence-corrected chi connectivity index (χ1v) is 8.47. The van der Waals surface area contributed by atoms with E-state index in [-0.39, 0.29) is 24.4 Å². The van der Waals surface area contributed by atoms with Gasteiger partial charge in [0.05, 0.1) is 0 Å². The molecule has 0 spiro atoms. The van der Waals surface area contributed by atoms with Gasteiger partial charge in [0.1, 0.15) is 5.82 Å². The third kappa shape index (κ3) is 5.20. The van der Waals surface area contributed by atoms with E-state index in [1.807, 2.05) is 0 Å². The van der Waals surface area contributed by atoms with Crippen molar-refractivity contribution in [1.29, 1.82) is 0 Å². The van der Waals surface area contributed by atoms with Crippen molar-refractivity contribution in [3.63, 3.8) is 0 Å². The summed E-state index contributed by atoms with van der Waals surface area (Å²) < 4.78 is 13.5. The van der Waals surface area contributed by atoms with Gasteiger partial charge in [0.25, 0.3) is 0 Å². The molecule has 0 radical (unpaired) electrons. The normalized spacial score (nSPS) is 13.0. The van der Waals surface area contributed by atoms with E-state index in [4.69, 9.17) is 0 Å². The minimum Gasteiger partial charge on any atom is -0.335 e. The highest BCUT2D eigenvalue weighted by molar-refractivity contribution is 5.92. The van der Waals surface area contributed by atoms with Gasteiger partial charge >= 0.3 is 12.1 Å². The molecule has 0 heterocycles. The van der Waals surface area contributed by atoms with Crippen molar-refractivity contribution in [2.24, 2.45) is 0 Å². The zero-order chi connectivity index (χ0) is 18.5. The van der Waals surface area contributed by atoms with E-state index in [0.29, 0.717) is 22.5 Å². The number of anilines is 2. The molecule has 136 valence electrons. The van der Waals surface area contributed by atoms with Crippen molar-refractivity contribution in [1.82, 2.24) is 10.6 Å². The van der Waals surface area contributed by atoms with Gasteiger partial charge in [-0.05, 0) is 55.2 Å². The maximum atomic E-state index is 13.5. The molecule has 1 fully saturated rings. The Morgan fingerprint density at radius 1 is 1.04 bits per heavy atom. The molecule has 0 aromatic heterocycles. The van der Waals surface area contributed by atoms with E-state index in [9.17, 15) is 14.0 Å². The number of amides is 4. The van der Waals surface area contributed by atoms with Crippen LogP contribution in [-0.4, -0.2) is 18.1 Å². The molecule has 0 aliphatic heterocycles. The van der Waals surface area contributed by atoms with Crippen LogP contribution in [0.15, 0.2) is 42.5 Å². The number of aryl methyl sites for hydroxylation is 1. The molecule has 2 aromatic rings. The topological polar surface area (TPSA) is 82.3 Å². The number of halogens is 1. The third-order valence-corrected chi connectivity index (χ3v) is 3.98. The third-order valence-electron chi connectivity index (χ3n) is 3.98. The van der Waals surface area contributed by atoms with Crippen LogP contribution in [-0.2, 0) is 6.54 Å². The number of rotatable bonds is 5. The van der Waals surface area contributed by atoms with Crippen LogP contribution in [0.5, 0.6) is 0 Å². The van der Waals surface area contributed by atoms with Crippen molar-refractivity contribution in [3.05, 3.63) is 59.4 Å². The average molecular weight is 356 g/mol. The lowest BCUT2D eigenvalue weighted by Crippen LogP contribution is -2.30. The standard InChI is InChI=1S/C19H21FN4O2/c1-12-5-6-13(9-17(12)20)11-21-18(25)23-15-3-2-4-16(10-15)24-19(26)22-14-7-8-14/h2-6,9-10,14H,7-8,11H2,1H3,(H2,21,23,25)(H2,22,24,26). The van der Waals surface area contributed by atoms with Gasteiger partial charge in [-0.25, -0.2) is 14.0 Å². The van der Waals surface area contributed by atoms with Crippen molar-refractivity contribution >= 4 is 23.4 Å². The highest BCUT2D eigenvalue weighted by Gasteiger charge is 2.23. The van der Waals surface area contributed by atoms with Crippen LogP contribution in [0.4, 0.5) is 25.4 Å². The summed E-state index contributed by atoms with van der Waals surface area (Å²) in [5.41, 5.74) is 2.37. The molecule has 26 heavy (non-hydrogen) atoms. The van der Waals surface area contributed by atoms with Gasteiger partial charge in [-0.3, -0.25) is 0 Å². The highest BCUT2D eigenvalue weighted by Crippen LogP contribution is 2.19. The summed E-state index contributed by atoms with van der Waals surface area (Å²) in [5, 5.41) is 10.9. The minimum absolute atomic E-state index is 0.213. The summed E-state index contributed by atoms with van der Waals surface area (Å²) in [7, 11) is 0. The number of urea groups is 2. The van der Waals surface area contributed by atoms with Gasteiger partial charge in [0.15, 0.2) is 0 Å². The number of benzene rings is 2. The molecule has 1 saturated carbocycles. The monoisotopic (exact) mass is 356 g/mol. The van der Waals surface area contributed by atoms with Crippen LogP contribution >= 0.6 is 0 Å². The van der Waals surface area contributed by atoms with E-state index in [0.717, 1.165) is 12.8 Å². The largest absolute Gasteiger partial charge is 0.335 e. The predicted octanol–water partition coefficient (Wildman–Crippen LogP) is 3.74. The summed E-state index contributed by atoms with van der Waals surface area (Å²) in [6, 6.07) is 11.3. The van der Waals surface area contributed by atoms with Gasteiger partial charge in [0.2, 0.25) is 0 Å². The second-order valence-electron chi connectivity index (χ2n) is 6.34. The number of nitrogens with one attached hydrogen (secondary N) is 4. The maximum Gasteiger partial charge on any atom is 0.319 e. The molecule has 4 amide bonds. The molecule has 0 unspecified atom stereocenters. The van der Waals surface area contributed by atoms with Crippen molar-refractivity contribution in [2.45, 2.75) is 32.4 Å².